The van der Waals surface area contributed by atoms with Crippen molar-refractivity contribution >= 4 is 17.8 Å². The highest BCUT2D eigenvalue weighted by Gasteiger charge is 2.41. The van der Waals surface area contributed by atoms with Crippen LogP contribution in [0.3, 0.4) is 0 Å². The molecule has 1 aromatic rings. The van der Waals surface area contributed by atoms with E-state index in [0.717, 1.165) is 12.0 Å². The van der Waals surface area contributed by atoms with Gasteiger partial charge < -0.3 is 26.2 Å². The van der Waals surface area contributed by atoms with Crippen molar-refractivity contribution in [2.75, 3.05) is 7.11 Å². The maximum absolute atomic E-state index is 13.2. The fraction of sp³-hybridized carbons (Fsp3) is 0.654. The molecule has 6 atom stereocenters. The molecule has 0 aromatic heterocycles. The van der Waals surface area contributed by atoms with E-state index in [1.54, 1.807) is 0 Å². The zero-order valence-electron chi connectivity index (χ0n) is 21.0. The van der Waals surface area contributed by atoms with Gasteiger partial charge in [0, 0.05) is 12.0 Å². The predicted octanol–water partition coefficient (Wildman–Crippen LogP) is 1.79. The third-order valence-corrected chi connectivity index (χ3v) is 6.76. The van der Waals surface area contributed by atoms with Crippen molar-refractivity contribution in [1.29, 1.82) is 0 Å². The average molecular weight is 476 g/mol. The maximum Gasteiger partial charge on any atom is 0.328 e. The number of carbonyl (C=O) groups is 3. The summed E-state index contributed by atoms with van der Waals surface area (Å²) in [5.41, 5.74) is 7.36. The molecule has 0 bridgehead atoms. The molecule has 8 heteroatoms. The first-order chi connectivity index (χ1) is 16.1. The minimum atomic E-state index is -0.825. The molecule has 0 radical (unpaired) electrons. The summed E-state index contributed by atoms with van der Waals surface area (Å²) in [5, 5.41) is 16.6. The van der Waals surface area contributed by atoms with Gasteiger partial charge in [-0.25, -0.2) is 4.79 Å². The summed E-state index contributed by atoms with van der Waals surface area (Å²) in [4.78, 5) is 38.3. The number of aliphatic hydroxyl groups is 1. The quantitative estimate of drug-likeness (QED) is 0.361. The van der Waals surface area contributed by atoms with Gasteiger partial charge in [-0.05, 0) is 42.6 Å². The van der Waals surface area contributed by atoms with Gasteiger partial charge in [0.15, 0.2) is 0 Å². The van der Waals surface area contributed by atoms with Crippen LogP contribution >= 0.6 is 0 Å². The molecule has 1 aliphatic carbocycles. The van der Waals surface area contributed by atoms with E-state index >= 15 is 0 Å². The van der Waals surface area contributed by atoms with E-state index in [1.165, 1.54) is 7.11 Å². The number of benzene rings is 1. The van der Waals surface area contributed by atoms with Crippen molar-refractivity contribution in [3.05, 3.63) is 35.9 Å². The monoisotopic (exact) mass is 475 g/mol. The van der Waals surface area contributed by atoms with Crippen molar-refractivity contribution in [3.8, 4) is 0 Å². The van der Waals surface area contributed by atoms with Gasteiger partial charge in [0.2, 0.25) is 11.8 Å². The number of hydrogen-bond acceptors (Lipinski definition) is 6. The molecule has 1 aliphatic rings. The number of amides is 2. The molecule has 0 saturated heterocycles. The summed E-state index contributed by atoms with van der Waals surface area (Å²) in [5.74, 6) is -2.27. The molecule has 5 N–H and O–H groups in total. The molecule has 1 fully saturated rings. The normalized spacial score (nSPS) is 21.6. The van der Waals surface area contributed by atoms with Crippen molar-refractivity contribution in [2.45, 2.75) is 77.6 Å². The molecule has 0 aliphatic heterocycles. The number of esters is 1. The zero-order valence-corrected chi connectivity index (χ0v) is 21.0. The Morgan fingerprint density at radius 2 is 1.65 bits per heavy atom. The molecule has 2 amide bonds. The Hall–Kier alpha value is -2.45. The lowest BCUT2D eigenvalue weighted by Gasteiger charge is -2.31. The van der Waals surface area contributed by atoms with E-state index in [2.05, 4.69) is 10.6 Å². The fourth-order valence-electron chi connectivity index (χ4n) is 4.71. The molecule has 1 aromatic carbocycles. The van der Waals surface area contributed by atoms with Crippen LogP contribution < -0.4 is 16.4 Å². The lowest BCUT2D eigenvalue weighted by atomic mass is 9.84. The topological polar surface area (TPSA) is 131 Å². The van der Waals surface area contributed by atoms with Crippen LogP contribution in [0, 0.1) is 23.7 Å². The molecular weight excluding hydrogens is 434 g/mol. The molecular formula is C26H41N3O5. The van der Waals surface area contributed by atoms with Gasteiger partial charge in [0.1, 0.15) is 12.1 Å². The fourth-order valence-corrected chi connectivity index (χ4v) is 4.71. The molecule has 190 valence electrons. The van der Waals surface area contributed by atoms with E-state index in [9.17, 15) is 19.5 Å². The van der Waals surface area contributed by atoms with Gasteiger partial charge in [-0.2, -0.15) is 0 Å². The maximum atomic E-state index is 13.2. The van der Waals surface area contributed by atoms with Crippen LogP contribution in [0.4, 0.5) is 0 Å². The highest BCUT2D eigenvalue weighted by molar-refractivity contribution is 5.91. The summed E-state index contributed by atoms with van der Waals surface area (Å²) in [6.45, 7) is 7.30. The van der Waals surface area contributed by atoms with Crippen LogP contribution in [-0.2, 0) is 25.5 Å². The second-order valence-electron chi connectivity index (χ2n) is 10.0. The molecule has 4 unspecified atom stereocenters. The van der Waals surface area contributed by atoms with Crippen LogP contribution in [-0.4, -0.2) is 54.2 Å². The molecule has 1 saturated carbocycles. The standard InChI is InChI=1S/C26H41N3O5/c1-15(2)21(25(32)29-22(16(3)4)26(33)34-5)28-24(31)19-13-9-12-18(19)23(30)20(27)14-17-10-7-6-8-11-17/h6-8,10-11,15-16,18-23,30H,9,12-14,27H2,1-5H3,(H,28,31)(H,29,32)/t18?,19-,20?,21-,22?,23?/m0/s1. The van der Waals surface area contributed by atoms with Crippen LogP contribution in [0.15, 0.2) is 30.3 Å². The largest absolute Gasteiger partial charge is 0.467 e. The number of rotatable bonds is 11. The molecule has 8 nitrogen and oxygen atoms in total. The molecule has 2 rings (SSSR count). The van der Waals surface area contributed by atoms with Gasteiger partial charge in [0.05, 0.1) is 13.2 Å². The predicted molar refractivity (Wildman–Crippen MR) is 131 cm³/mol. The van der Waals surface area contributed by atoms with Crippen molar-refractivity contribution in [1.82, 2.24) is 10.6 Å². The highest BCUT2D eigenvalue weighted by Crippen LogP contribution is 2.35. The van der Waals surface area contributed by atoms with Crippen LogP contribution in [0.5, 0.6) is 0 Å². The number of carbonyl (C=O) groups excluding carboxylic acids is 3. The highest BCUT2D eigenvalue weighted by atomic mass is 16.5. The lowest BCUT2D eigenvalue weighted by Crippen LogP contribution is -2.56. The third kappa shape index (κ3) is 7.27. The number of aliphatic hydroxyl groups excluding tert-OH is 1. The number of nitrogens with two attached hydrogens (primary N) is 1. The van der Waals surface area contributed by atoms with Crippen LogP contribution in [0.2, 0.25) is 0 Å². The van der Waals surface area contributed by atoms with Gasteiger partial charge in [-0.15, -0.1) is 0 Å². The smallest absolute Gasteiger partial charge is 0.328 e. The van der Waals surface area contributed by atoms with E-state index in [-0.39, 0.29) is 23.7 Å². The summed E-state index contributed by atoms with van der Waals surface area (Å²) < 4.78 is 4.80. The Morgan fingerprint density at radius 3 is 2.21 bits per heavy atom. The van der Waals surface area contributed by atoms with Crippen molar-refractivity contribution in [2.24, 2.45) is 29.4 Å². The van der Waals surface area contributed by atoms with Crippen LogP contribution in [0.25, 0.3) is 0 Å². The van der Waals surface area contributed by atoms with Crippen molar-refractivity contribution in [3.63, 3.8) is 0 Å². The third-order valence-electron chi connectivity index (χ3n) is 6.76. The van der Waals surface area contributed by atoms with Gasteiger partial charge in [-0.1, -0.05) is 64.4 Å². The number of ether oxygens (including phenoxy) is 1. The van der Waals surface area contributed by atoms with Crippen LogP contribution in [0.1, 0.15) is 52.5 Å². The van der Waals surface area contributed by atoms with E-state index < -0.39 is 42.0 Å². The minimum absolute atomic E-state index is 0.166. The molecule has 0 heterocycles. The molecule has 34 heavy (non-hydrogen) atoms. The Morgan fingerprint density at radius 1 is 1.03 bits per heavy atom. The first-order valence-electron chi connectivity index (χ1n) is 12.2. The lowest BCUT2D eigenvalue weighted by molar-refractivity contribution is -0.147. The van der Waals surface area contributed by atoms with E-state index in [4.69, 9.17) is 10.5 Å². The Bertz CT molecular complexity index is 814. The minimum Gasteiger partial charge on any atom is -0.467 e. The summed E-state index contributed by atoms with van der Waals surface area (Å²) in [6, 6.07) is 7.63. The number of hydrogen-bond donors (Lipinski definition) is 4. The SMILES string of the molecule is COC(=O)C(NC(=O)[C@@H](NC(=O)[C@H]1CCCC1C(O)C(N)Cc1ccccc1)C(C)C)C(C)C. The summed E-state index contributed by atoms with van der Waals surface area (Å²) >= 11 is 0. The first kappa shape index (κ1) is 27.8. The number of nitrogens with one attached hydrogen (secondary N) is 2. The Kier molecular flexibility index (Phi) is 10.5. The van der Waals surface area contributed by atoms with Gasteiger partial charge in [0.25, 0.3) is 0 Å². The van der Waals surface area contributed by atoms with Gasteiger partial charge >= 0.3 is 5.97 Å². The summed E-state index contributed by atoms with van der Waals surface area (Å²) in [6.07, 6.45) is 1.85. The number of methoxy groups -OCH3 is 1. The molecule has 0 spiro atoms. The second-order valence-corrected chi connectivity index (χ2v) is 10.0. The van der Waals surface area contributed by atoms with E-state index in [0.29, 0.717) is 19.3 Å². The Labute approximate surface area is 203 Å². The average Bonchev–Trinajstić information content (AvgIpc) is 3.29. The van der Waals surface area contributed by atoms with Gasteiger partial charge in [-0.3, -0.25) is 9.59 Å². The Balaban J connectivity index is 2.06. The zero-order chi connectivity index (χ0) is 25.4. The first-order valence-corrected chi connectivity index (χ1v) is 12.2. The van der Waals surface area contributed by atoms with Crippen molar-refractivity contribution < 1.29 is 24.2 Å². The second kappa shape index (κ2) is 12.9. The van der Waals surface area contributed by atoms with E-state index in [1.807, 2.05) is 58.0 Å². The summed E-state index contributed by atoms with van der Waals surface area (Å²) in [7, 11) is 1.28.